The molecule has 4 radical (unpaired) electrons. The minimum atomic E-state index is 0. The molecule has 2 aromatic heterocycles. The number of ether oxygens (including phenoxy) is 4. The molecule has 4 heterocycles. The summed E-state index contributed by atoms with van der Waals surface area (Å²) in [6.45, 7) is 10.8. The Kier molecular flexibility index (Phi) is 13.2. The maximum atomic E-state index is 5.67. The molecule has 0 aromatic carbocycles. The van der Waals surface area contributed by atoms with Crippen LogP contribution in [0.5, 0.6) is 23.0 Å². The zero-order chi connectivity index (χ0) is 18.9. The van der Waals surface area contributed by atoms with Crippen LogP contribution in [0.4, 0.5) is 0 Å². The third kappa shape index (κ3) is 6.38. The monoisotopic (exact) mass is 435 g/mol. The second kappa shape index (κ2) is 13.8. The molecule has 0 aliphatic carbocycles. The van der Waals surface area contributed by atoms with Gasteiger partial charge < -0.3 is 18.9 Å². The van der Waals surface area contributed by atoms with Crippen molar-refractivity contribution in [1.29, 1.82) is 4.35 Å². The quantitative estimate of drug-likeness (QED) is 0.659. The summed E-state index contributed by atoms with van der Waals surface area (Å²) in [5.74, 6) is 4.22. The van der Waals surface area contributed by atoms with E-state index >= 15 is 0 Å². The van der Waals surface area contributed by atoms with Gasteiger partial charge in [-0.15, -0.1) is 22.7 Å². The van der Waals surface area contributed by atoms with Gasteiger partial charge in [0, 0.05) is 19.2 Å². The summed E-state index contributed by atoms with van der Waals surface area (Å²) in [5, 5.41) is 4.00. The Hall–Kier alpha value is -1.26. The van der Waals surface area contributed by atoms with Gasteiger partial charge in [0.1, 0.15) is 26.4 Å². The van der Waals surface area contributed by atoms with Crippen molar-refractivity contribution >= 4 is 53.3 Å². The van der Waals surface area contributed by atoms with Crippen molar-refractivity contribution in [3.8, 4) is 23.0 Å². The molecule has 0 spiro atoms. The van der Waals surface area contributed by atoms with Gasteiger partial charge >= 0.3 is 20.4 Å². The van der Waals surface area contributed by atoms with Gasteiger partial charge in [0.25, 0.3) is 0 Å². The van der Waals surface area contributed by atoms with Gasteiger partial charge in [-0.3, -0.25) is 0 Å². The molecular formula is C19H27AlBNO4S2. The van der Waals surface area contributed by atoms with Gasteiger partial charge in [-0.1, -0.05) is 27.9 Å². The zero-order valence-electron chi connectivity index (χ0n) is 15.7. The third-order valence-corrected chi connectivity index (χ3v) is 6.01. The van der Waals surface area contributed by atoms with E-state index in [1.54, 1.807) is 44.8 Å². The molecule has 1 atom stereocenters. The van der Waals surface area contributed by atoms with Crippen LogP contribution in [0.1, 0.15) is 43.4 Å². The van der Waals surface area contributed by atoms with Crippen molar-refractivity contribution in [3.63, 3.8) is 0 Å². The predicted molar refractivity (Wildman–Crippen MR) is 120 cm³/mol. The molecule has 1 N–H and O–H groups in total. The van der Waals surface area contributed by atoms with Gasteiger partial charge in [-0.05, 0) is 18.4 Å². The number of fused-ring (bicyclic) bond motifs is 2. The van der Waals surface area contributed by atoms with Crippen molar-refractivity contribution in [1.82, 2.24) is 0 Å². The van der Waals surface area contributed by atoms with Crippen molar-refractivity contribution in [2.45, 2.75) is 33.6 Å². The van der Waals surface area contributed by atoms with Crippen molar-refractivity contribution in [2.24, 2.45) is 0 Å². The van der Waals surface area contributed by atoms with Gasteiger partial charge in [-0.2, -0.15) is 0 Å². The molecule has 0 bridgehead atoms. The van der Waals surface area contributed by atoms with E-state index < -0.39 is 0 Å². The minimum absolute atomic E-state index is 0. The predicted octanol–water partition coefficient (Wildman–Crippen LogP) is 5.37. The van der Waals surface area contributed by atoms with Crippen molar-refractivity contribution < 1.29 is 18.9 Å². The molecule has 0 fully saturated rings. The van der Waals surface area contributed by atoms with E-state index in [2.05, 4.69) is 25.8 Å². The van der Waals surface area contributed by atoms with Crippen molar-refractivity contribution in [2.75, 3.05) is 26.4 Å². The first-order valence-electron chi connectivity index (χ1n) is 8.40. The number of hydrogen-bond donors (Lipinski definition) is 1. The van der Waals surface area contributed by atoms with Gasteiger partial charge in [0.15, 0.2) is 23.0 Å². The Bertz CT molecular complexity index is 723. The Morgan fingerprint density at radius 2 is 1.54 bits per heavy atom. The van der Waals surface area contributed by atoms with E-state index in [0.29, 0.717) is 32.3 Å². The van der Waals surface area contributed by atoms with E-state index in [-0.39, 0.29) is 15.8 Å². The molecule has 2 aromatic rings. The fourth-order valence-electron chi connectivity index (χ4n) is 2.43. The SMILES string of the molecule is C.C=Cc1scc2c1OCCO2.CCC(C)c1scc2c1OCCO2.[B].[NH]=[Al]. The van der Waals surface area contributed by atoms with E-state index in [4.69, 9.17) is 23.3 Å². The van der Waals surface area contributed by atoms with Crippen LogP contribution in [0.3, 0.4) is 0 Å². The standard InChI is InChI=1S/C10H14O2S.C8H8O2S.CH4.Al.B.HN/c1-3-7(2)10-9-8(6-13-10)11-4-5-12-9;1-2-7-8-6(5-11-7)9-3-4-10-8;;;;/h6-7H,3-5H2,1-2H3;2,5H,1,3-4H2;1H4;;;1H. The van der Waals surface area contributed by atoms with Crippen LogP contribution < -0.4 is 18.9 Å². The first-order valence-corrected chi connectivity index (χ1v) is 10.7. The maximum absolute atomic E-state index is 5.67. The number of thiophene rings is 2. The summed E-state index contributed by atoms with van der Waals surface area (Å²) in [5.41, 5.74) is 0. The second-order valence-corrected chi connectivity index (χ2v) is 7.32. The third-order valence-electron chi connectivity index (χ3n) is 3.90. The number of rotatable bonds is 3. The summed E-state index contributed by atoms with van der Waals surface area (Å²) in [6.07, 6.45) is 2.94. The number of nitrogens with one attached hydrogen (secondary N) is 1. The Labute approximate surface area is 186 Å². The summed E-state index contributed by atoms with van der Waals surface area (Å²) in [7, 11) is 0. The molecule has 9 heteroatoms. The molecule has 28 heavy (non-hydrogen) atoms. The summed E-state index contributed by atoms with van der Waals surface area (Å²) < 4.78 is 27.5. The summed E-state index contributed by atoms with van der Waals surface area (Å²) in [4.78, 5) is 2.39. The molecule has 0 amide bonds. The molecule has 1 unspecified atom stereocenters. The Morgan fingerprint density at radius 3 is 2.11 bits per heavy atom. The van der Waals surface area contributed by atoms with Crippen LogP contribution in [0.25, 0.3) is 6.08 Å². The molecule has 5 nitrogen and oxygen atoms in total. The molecule has 0 saturated carbocycles. The average molecular weight is 435 g/mol. The van der Waals surface area contributed by atoms with Crippen LogP contribution >= 0.6 is 22.7 Å². The van der Waals surface area contributed by atoms with E-state index in [1.807, 2.05) is 5.38 Å². The molecule has 2 aliphatic rings. The molecular weight excluding hydrogens is 408 g/mol. The summed E-state index contributed by atoms with van der Waals surface area (Å²) in [6, 6.07) is 0. The summed E-state index contributed by atoms with van der Waals surface area (Å²) >= 11 is 5.01. The van der Waals surface area contributed by atoms with Crippen molar-refractivity contribution in [3.05, 3.63) is 27.1 Å². The normalized spacial score (nSPS) is 13.8. The topological polar surface area (TPSA) is 60.8 Å². The average Bonchev–Trinajstić information content (AvgIpc) is 3.33. The fraction of sp³-hybridized carbons (Fsp3) is 0.474. The molecule has 4 rings (SSSR count). The van der Waals surface area contributed by atoms with Crippen LogP contribution in [-0.2, 0) is 0 Å². The van der Waals surface area contributed by atoms with Crippen LogP contribution in [0, 0.1) is 4.35 Å². The Balaban J connectivity index is 0.000000453. The first-order chi connectivity index (χ1) is 12.7. The zero-order valence-corrected chi connectivity index (χ0v) is 18.4. The van der Waals surface area contributed by atoms with Gasteiger partial charge in [-0.25, -0.2) is 0 Å². The fourth-order valence-corrected chi connectivity index (χ4v) is 4.28. The molecule has 2 aliphatic heterocycles. The van der Waals surface area contributed by atoms with E-state index in [9.17, 15) is 0 Å². The van der Waals surface area contributed by atoms with E-state index in [1.165, 1.54) is 4.88 Å². The number of hydrogen-bond acceptors (Lipinski definition) is 7. The van der Waals surface area contributed by atoms with Crippen LogP contribution in [0.2, 0.25) is 0 Å². The molecule has 0 saturated heterocycles. The van der Waals surface area contributed by atoms with Crippen LogP contribution in [-0.4, -0.2) is 50.9 Å². The van der Waals surface area contributed by atoms with Gasteiger partial charge in [0.2, 0.25) is 0 Å². The molecule has 150 valence electrons. The van der Waals surface area contributed by atoms with E-state index in [0.717, 1.165) is 34.3 Å². The second-order valence-electron chi connectivity index (χ2n) is 5.49. The first kappa shape index (κ1) is 26.7. The van der Waals surface area contributed by atoms with Crippen LogP contribution in [0.15, 0.2) is 17.3 Å². The Morgan fingerprint density at radius 1 is 1.04 bits per heavy atom. The van der Waals surface area contributed by atoms with Gasteiger partial charge in [0.05, 0.1) is 9.75 Å².